The van der Waals surface area contributed by atoms with Gasteiger partial charge in [0.05, 0.1) is 10.7 Å². The number of aryl methyl sites for hydroxylation is 1. The second kappa shape index (κ2) is 4.79. The summed E-state index contributed by atoms with van der Waals surface area (Å²) >= 11 is 6.26. The number of nitrogens with zero attached hydrogens (tertiary/aromatic N) is 2. The number of benzene rings is 1. The summed E-state index contributed by atoms with van der Waals surface area (Å²) in [5, 5.41) is 0.854. The number of hydrogen-bond acceptors (Lipinski definition) is 2. The van der Waals surface area contributed by atoms with E-state index in [1.54, 1.807) is 0 Å². The first kappa shape index (κ1) is 11.3. The van der Waals surface area contributed by atoms with E-state index in [1.165, 1.54) is 5.56 Å². The van der Waals surface area contributed by atoms with Gasteiger partial charge in [-0.25, -0.2) is 0 Å². The molecule has 3 heteroatoms. The molecular weight excluding hydrogens is 220 g/mol. The van der Waals surface area contributed by atoms with Gasteiger partial charge in [-0.05, 0) is 30.8 Å². The lowest BCUT2D eigenvalue weighted by Crippen LogP contribution is -2.44. The summed E-state index contributed by atoms with van der Waals surface area (Å²) in [7, 11) is 0. The van der Waals surface area contributed by atoms with E-state index in [0.717, 1.165) is 36.9 Å². The second-order valence-electron chi connectivity index (χ2n) is 4.16. The average Bonchev–Trinajstić information content (AvgIpc) is 2.29. The standard InChI is InChI=1S/C13H17ClN2/c1-3-15-6-8-16(9-7-15)13-5-4-11(2)10-12(13)14/h3-5,10H,1,6-9H2,2H3. The van der Waals surface area contributed by atoms with Gasteiger partial charge in [0.15, 0.2) is 0 Å². The maximum Gasteiger partial charge on any atom is 0.0642 e. The van der Waals surface area contributed by atoms with Gasteiger partial charge in [-0.1, -0.05) is 24.2 Å². The topological polar surface area (TPSA) is 6.48 Å². The van der Waals surface area contributed by atoms with Crippen molar-refractivity contribution in [3.8, 4) is 0 Å². The summed E-state index contributed by atoms with van der Waals surface area (Å²) in [4.78, 5) is 4.57. The summed E-state index contributed by atoms with van der Waals surface area (Å²) in [6.45, 7) is 9.91. The molecule has 0 amide bonds. The summed E-state index contributed by atoms with van der Waals surface area (Å²) in [5.74, 6) is 0. The Morgan fingerprint density at radius 1 is 1.25 bits per heavy atom. The molecular formula is C13H17ClN2. The Bertz CT molecular complexity index is 382. The van der Waals surface area contributed by atoms with Crippen LogP contribution in [0, 0.1) is 6.92 Å². The van der Waals surface area contributed by atoms with Crippen LogP contribution in [0.3, 0.4) is 0 Å². The quantitative estimate of drug-likeness (QED) is 0.779. The van der Waals surface area contributed by atoms with Crippen LogP contribution in [0.1, 0.15) is 5.56 Å². The van der Waals surface area contributed by atoms with Crippen molar-refractivity contribution in [1.82, 2.24) is 4.90 Å². The van der Waals surface area contributed by atoms with E-state index in [-0.39, 0.29) is 0 Å². The van der Waals surface area contributed by atoms with Crippen LogP contribution < -0.4 is 4.90 Å². The molecule has 0 aliphatic carbocycles. The van der Waals surface area contributed by atoms with Crippen LogP contribution in [0.25, 0.3) is 0 Å². The Kier molecular flexibility index (Phi) is 3.39. The van der Waals surface area contributed by atoms with Crippen molar-refractivity contribution in [2.24, 2.45) is 0 Å². The highest BCUT2D eigenvalue weighted by Gasteiger charge is 2.16. The molecule has 2 nitrogen and oxygen atoms in total. The predicted molar refractivity (Wildman–Crippen MR) is 70.2 cm³/mol. The fourth-order valence-electron chi connectivity index (χ4n) is 2.01. The van der Waals surface area contributed by atoms with Crippen molar-refractivity contribution in [2.45, 2.75) is 6.92 Å². The lowest BCUT2D eigenvalue weighted by molar-refractivity contribution is 0.350. The van der Waals surface area contributed by atoms with E-state index < -0.39 is 0 Å². The number of halogens is 1. The van der Waals surface area contributed by atoms with Crippen molar-refractivity contribution < 1.29 is 0 Å². The van der Waals surface area contributed by atoms with Gasteiger partial charge in [0.2, 0.25) is 0 Å². The van der Waals surface area contributed by atoms with Gasteiger partial charge >= 0.3 is 0 Å². The third-order valence-corrected chi connectivity index (χ3v) is 3.32. The molecule has 0 spiro atoms. The normalized spacial score (nSPS) is 16.4. The lowest BCUT2D eigenvalue weighted by Gasteiger charge is -2.35. The van der Waals surface area contributed by atoms with Crippen LogP contribution in [0.15, 0.2) is 31.0 Å². The van der Waals surface area contributed by atoms with Gasteiger partial charge in [-0.2, -0.15) is 0 Å². The van der Waals surface area contributed by atoms with E-state index in [4.69, 9.17) is 11.6 Å². The minimum Gasteiger partial charge on any atom is -0.374 e. The predicted octanol–water partition coefficient (Wildman–Crippen LogP) is 2.91. The molecule has 0 N–H and O–H groups in total. The zero-order valence-electron chi connectivity index (χ0n) is 9.62. The SMILES string of the molecule is C=CN1CCN(c2ccc(C)cc2Cl)CC1. The summed E-state index contributed by atoms with van der Waals surface area (Å²) < 4.78 is 0. The van der Waals surface area contributed by atoms with E-state index in [1.807, 2.05) is 12.3 Å². The smallest absolute Gasteiger partial charge is 0.0642 e. The fourth-order valence-corrected chi connectivity index (χ4v) is 2.37. The van der Waals surface area contributed by atoms with E-state index in [0.29, 0.717) is 0 Å². The van der Waals surface area contributed by atoms with Gasteiger partial charge in [-0.15, -0.1) is 0 Å². The summed E-state index contributed by atoms with van der Waals surface area (Å²) in [6.07, 6.45) is 1.91. The molecule has 0 radical (unpaired) electrons. The zero-order valence-corrected chi connectivity index (χ0v) is 10.4. The van der Waals surface area contributed by atoms with Crippen molar-refractivity contribution in [1.29, 1.82) is 0 Å². The number of piperazine rings is 1. The van der Waals surface area contributed by atoms with E-state index in [9.17, 15) is 0 Å². The third kappa shape index (κ3) is 2.33. The van der Waals surface area contributed by atoms with Crippen molar-refractivity contribution in [3.63, 3.8) is 0 Å². The highest BCUT2D eigenvalue weighted by atomic mass is 35.5. The molecule has 0 bridgehead atoms. The second-order valence-corrected chi connectivity index (χ2v) is 4.57. The number of rotatable bonds is 2. The molecule has 16 heavy (non-hydrogen) atoms. The van der Waals surface area contributed by atoms with Gasteiger partial charge in [0, 0.05) is 26.2 Å². The minimum atomic E-state index is 0.854. The molecule has 86 valence electrons. The monoisotopic (exact) mass is 236 g/mol. The van der Waals surface area contributed by atoms with Crippen LogP contribution in [-0.4, -0.2) is 31.1 Å². The average molecular weight is 237 g/mol. The van der Waals surface area contributed by atoms with Crippen LogP contribution in [-0.2, 0) is 0 Å². The van der Waals surface area contributed by atoms with Crippen molar-refractivity contribution >= 4 is 17.3 Å². The highest BCUT2D eigenvalue weighted by molar-refractivity contribution is 6.33. The first-order valence-electron chi connectivity index (χ1n) is 5.58. The molecule has 1 aromatic rings. The molecule has 0 saturated carbocycles. The van der Waals surface area contributed by atoms with Crippen LogP contribution in [0.2, 0.25) is 5.02 Å². The molecule has 2 rings (SSSR count). The minimum absolute atomic E-state index is 0.854. The number of anilines is 1. The maximum atomic E-state index is 6.26. The van der Waals surface area contributed by atoms with Gasteiger partial charge in [0.25, 0.3) is 0 Å². The zero-order chi connectivity index (χ0) is 11.5. The lowest BCUT2D eigenvalue weighted by atomic mass is 10.2. The summed E-state index contributed by atoms with van der Waals surface area (Å²) in [5.41, 5.74) is 2.36. The Morgan fingerprint density at radius 2 is 1.94 bits per heavy atom. The van der Waals surface area contributed by atoms with Crippen LogP contribution in [0.5, 0.6) is 0 Å². The van der Waals surface area contributed by atoms with Crippen molar-refractivity contribution in [2.75, 3.05) is 31.1 Å². The third-order valence-electron chi connectivity index (χ3n) is 3.02. The molecule has 1 aromatic carbocycles. The Hall–Kier alpha value is -1.15. The van der Waals surface area contributed by atoms with Crippen molar-refractivity contribution in [3.05, 3.63) is 41.6 Å². The van der Waals surface area contributed by atoms with Gasteiger partial charge in [-0.3, -0.25) is 0 Å². The first-order valence-corrected chi connectivity index (χ1v) is 5.96. The highest BCUT2D eigenvalue weighted by Crippen LogP contribution is 2.27. The van der Waals surface area contributed by atoms with Crippen LogP contribution >= 0.6 is 11.6 Å². The molecule has 1 heterocycles. The molecule has 0 atom stereocenters. The fraction of sp³-hybridized carbons (Fsp3) is 0.385. The van der Waals surface area contributed by atoms with E-state index >= 15 is 0 Å². The molecule has 1 aliphatic rings. The number of hydrogen-bond donors (Lipinski definition) is 0. The molecule has 0 aromatic heterocycles. The Labute approximate surface area is 102 Å². The largest absolute Gasteiger partial charge is 0.374 e. The van der Waals surface area contributed by atoms with Crippen LogP contribution in [0.4, 0.5) is 5.69 Å². The summed E-state index contributed by atoms with van der Waals surface area (Å²) in [6, 6.07) is 6.25. The molecule has 1 fully saturated rings. The molecule has 1 saturated heterocycles. The Morgan fingerprint density at radius 3 is 2.50 bits per heavy atom. The van der Waals surface area contributed by atoms with Gasteiger partial charge < -0.3 is 9.80 Å². The molecule has 1 aliphatic heterocycles. The first-order chi connectivity index (χ1) is 7.70. The van der Waals surface area contributed by atoms with E-state index in [2.05, 4.69) is 35.4 Å². The maximum absolute atomic E-state index is 6.26. The Balaban J connectivity index is 2.11. The molecule has 0 unspecified atom stereocenters. The van der Waals surface area contributed by atoms with Gasteiger partial charge in [0.1, 0.15) is 0 Å².